The topological polar surface area (TPSA) is 76.2 Å². The molecule has 92 valence electrons. The fourth-order valence-corrected chi connectivity index (χ4v) is 1.94. The van der Waals surface area contributed by atoms with Crippen molar-refractivity contribution in [3.63, 3.8) is 0 Å². The average Bonchev–Trinajstić information content (AvgIpc) is 2.76. The summed E-state index contributed by atoms with van der Waals surface area (Å²) in [5.41, 5.74) is 1.02. The Bertz CT molecular complexity index is 570. The van der Waals surface area contributed by atoms with Gasteiger partial charge in [0.05, 0.1) is 5.56 Å². The van der Waals surface area contributed by atoms with Gasteiger partial charge in [-0.1, -0.05) is 23.7 Å². The normalized spacial score (nSPS) is 15.3. The van der Waals surface area contributed by atoms with Gasteiger partial charge in [0, 0.05) is 11.5 Å². The fraction of sp³-hybridized carbons (Fsp3) is 0.308. The van der Waals surface area contributed by atoms with Crippen molar-refractivity contribution in [1.82, 2.24) is 10.1 Å². The molecule has 1 N–H and O–H groups in total. The van der Waals surface area contributed by atoms with Crippen molar-refractivity contribution in [2.45, 2.75) is 25.2 Å². The summed E-state index contributed by atoms with van der Waals surface area (Å²) in [4.78, 5) is 15.1. The van der Waals surface area contributed by atoms with Crippen molar-refractivity contribution >= 4 is 5.97 Å². The Morgan fingerprint density at radius 3 is 2.56 bits per heavy atom. The van der Waals surface area contributed by atoms with Gasteiger partial charge in [0.1, 0.15) is 0 Å². The van der Waals surface area contributed by atoms with Crippen molar-refractivity contribution < 1.29 is 14.4 Å². The summed E-state index contributed by atoms with van der Waals surface area (Å²) in [6, 6.07) is 6.46. The number of hydrogen-bond acceptors (Lipinski definition) is 4. The first-order chi connectivity index (χ1) is 8.74. The van der Waals surface area contributed by atoms with Gasteiger partial charge in [-0.15, -0.1) is 0 Å². The van der Waals surface area contributed by atoms with Gasteiger partial charge in [-0.25, -0.2) is 4.79 Å². The zero-order valence-corrected chi connectivity index (χ0v) is 9.67. The Kier molecular flexibility index (Phi) is 2.59. The summed E-state index contributed by atoms with van der Waals surface area (Å²) < 4.78 is 5.22. The highest BCUT2D eigenvalue weighted by Crippen LogP contribution is 2.35. The highest BCUT2D eigenvalue weighted by Gasteiger charge is 2.25. The molecule has 1 fully saturated rings. The maximum atomic E-state index is 10.7. The van der Waals surface area contributed by atoms with E-state index in [0.29, 0.717) is 17.6 Å². The second kappa shape index (κ2) is 4.25. The Hall–Kier alpha value is -2.17. The molecule has 18 heavy (non-hydrogen) atoms. The third-order valence-electron chi connectivity index (χ3n) is 3.29. The molecule has 0 atom stereocenters. The van der Waals surface area contributed by atoms with Crippen LogP contribution in [0.15, 0.2) is 28.8 Å². The van der Waals surface area contributed by atoms with Crippen LogP contribution in [0.3, 0.4) is 0 Å². The van der Waals surface area contributed by atoms with Gasteiger partial charge < -0.3 is 9.63 Å². The molecule has 1 aliphatic rings. The van der Waals surface area contributed by atoms with Crippen LogP contribution in [0.25, 0.3) is 11.4 Å². The van der Waals surface area contributed by atoms with Gasteiger partial charge in [-0.3, -0.25) is 0 Å². The van der Waals surface area contributed by atoms with Crippen LogP contribution in [0.4, 0.5) is 0 Å². The lowest BCUT2D eigenvalue weighted by molar-refractivity contribution is 0.0697. The Balaban J connectivity index is 1.85. The molecule has 0 spiro atoms. The highest BCUT2D eigenvalue weighted by molar-refractivity contribution is 5.88. The van der Waals surface area contributed by atoms with Gasteiger partial charge in [0.25, 0.3) is 0 Å². The van der Waals surface area contributed by atoms with Crippen LogP contribution in [-0.4, -0.2) is 21.2 Å². The monoisotopic (exact) mass is 244 g/mol. The van der Waals surface area contributed by atoms with E-state index in [2.05, 4.69) is 10.1 Å². The zero-order chi connectivity index (χ0) is 12.5. The first kappa shape index (κ1) is 11.0. The van der Waals surface area contributed by atoms with E-state index >= 15 is 0 Å². The molecule has 0 unspecified atom stereocenters. The number of carboxylic acids is 1. The van der Waals surface area contributed by atoms with E-state index in [1.165, 1.54) is 18.6 Å². The van der Waals surface area contributed by atoms with Gasteiger partial charge in [0.15, 0.2) is 0 Å². The number of rotatable bonds is 3. The van der Waals surface area contributed by atoms with E-state index < -0.39 is 5.97 Å². The molecule has 1 aromatic heterocycles. The predicted molar refractivity (Wildman–Crippen MR) is 63.3 cm³/mol. The summed E-state index contributed by atoms with van der Waals surface area (Å²) in [6.07, 6.45) is 3.44. The lowest BCUT2D eigenvalue weighted by Gasteiger charge is -2.20. The van der Waals surface area contributed by atoms with Crippen molar-refractivity contribution in [2.75, 3.05) is 0 Å². The molecule has 2 aromatic rings. The number of nitrogens with zero attached hydrogens (tertiary/aromatic N) is 2. The van der Waals surface area contributed by atoms with E-state index in [1.54, 1.807) is 12.1 Å². The summed E-state index contributed by atoms with van der Waals surface area (Å²) in [5, 5.41) is 12.7. The third kappa shape index (κ3) is 1.88. The van der Waals surface area contributed by atoms with Crippen LogP contribution in [0, 0.1) is 0 Å². The first-order valence-electron chi connectivity index (χ1n) is 5.91. The van der Waals surface area contributed by atoms with Crippen LogP contribution >= 0.6 is 0 Å². The SMILES string of the molecule is O=C(O)c1ccc(-c2noc(C3CCC3)n2)cc1. The molecule has 0 radical (unpaired) electrons. The van der Waals surface area contributed by atoms with E-state index in [0.717, 1.165) is 18.4 Å². The lowest BCUT2D eigenvalue weighted by atomic mass is 9.85. The molecular weight excluding hydrogens is 232 g/mol. The molecule has 0 amide bonds. The standard InChI is InChI=1S/C13H12N2O3/c16-13(17)10-6-4-8(5-7-10)11-14-12(18-15-11)9-2-1-3-9/h4-7,9H,1-3H2,(H,16,17). The number of carbonyl (C=O) groups is 1. The molecule has 0 saturated heterocycles. The molecule has 1 aliphatic carbocycles. The molecule has 0 aliphatic heterocycles. The lowest BCUT2D eigenvalue weighted by Crippen LogP contribution is -2.08. The molecule has 1 aromatic carbocycles. The molecule has 5 heteroatoms. The van der Waals surface area contributed by atoms with Crippen LogP contribution in [0.5, 0.6) is 0 Å². The average molecular weight is 244 g/mol. The molecule has 0 bridgehead atoms. The van der Waals surface area contributed by atoms with E-state index in [9.17, 15) is 4.79 Å². The zero-order valence-electron chi connectivity index (χ0n) is 9.67. The maximum absolute atomic E-state index is 10.7. The van der Waals surface area contributed by atoms with Crippen LogP contribution in [-0.2, 0) is 0 Å². The second-order valence-electron chi connectivity index (χ2n) is 4.47. The first-order valence-corrected chi connectivity index (χ1v) is 5.91. The minimum absolute atomic E-state index is 0.251. The van der Waals surface area contributed by atoms with Crippen molar-refractivity contribution in [3.05, 3.63) is 35.7 Å². The van der Waals surface area contributed by atoms with Crippen molar-refractivity contribution in [2.24, 2.45) is 0 Å². The predicted octanol–water partition coefficient (Wildman–Crippen LogP) is 2.70. The summed E-state index contributed by atoms with van der Waals surface area (Å²) in [6.45, 7) is 0. The second-order valence-corrected chi connectivity index (χ2v) is 4.47. The van der Waals surface area contributed by atoms with Gasteiger partial charge in [-0.2, -0.15) is 4.98 Å². The van der Waals surface area contributed by atoms with Crippen molar-refractivity contribution in [3.8, 4) is 11.4 Å². The van der Waals surface area contributed by atoms with E-state index in [-0.39, 0.29) is 5.56 Å². The molecular formula is C13H12N2O3. The van der Waals surface area contributed by atoms with Gasteiger partial charge >= 0.3 is 5.97 Å². The minimum Gasteiger partial charge on any atom is -0.478 e. The molecule has 1 saturated carbocycles. The van der Waals surface area contributed by atoms with E-state index in [4.69, 9.17) is 9.63 Å². The Labute approximate surface area is 103 Å². The summed E-state index contributed by atoms with van der Waals surface area (Å²) in [5.74, 6) is 0.682. The highest BCUT2D eigenvalue weighted by atomic mass is 16.5. The summed E-state index contributed by atoms with van der Waals surface area (Å²) in [7, 11) is 0. The van der Waals surface area contributed by atoms with Gasteiger partial charge in [-0.05, 0) is 25.0 Å². The smallest absolute Gasteiger partial charge is 0.335 e. The van der Waals surface area contributed by atoms with Crippen molar-refractivity contribution in [1.29, 1.82) is 0 Å². The van der Waals surface area contributed by atoms with Crippen LogP contribution in [0.2, 0.25) is 0 Å². The van der Waals surface area contributed by atoms with Crippen LogP contribution in [0.1, 0.15) is 41.4 Å². The Morgan fingerprint density at radius 1 is 1.28 bits per heavy atom. The number of carboxylic acid groups (broad SMARTS) is 1. The molecule has 3 rings (SSSR count). The summed E-state index contributed by atoms with van der Waals surface area (Å²) >= 11 is 0. The molecule has 1 heterocycles. The number of hydrogen-bond donors (Lipinski definition) is 1. The Morgan fingerprint density at radius 2 is 2.00 bits per heavy atom. The largest absolute Gasteiger partial charge is 0.478 e. The van der Waals surface area contributed by atoms with Crippen LogP contribution < -0.4 is 0 Å². The number of benzene rings is 1. The molecule has 5 nitrogen and oxygen atoms in total. The number of aromatic nitrogens is 2. The van der Waals surface area contributed by atoms with Gasteiger partial charge in [0.2, 0.25) is 11.7 Å². The minimum atomic E-state index is -0.940. The quantitative estimate of drug-likeness (QED) is 0.898. The fourth-order valence-electron chi connectivity index (χ4n) is 1.94. The number of aromatic carboxylic acids is 1. The van der Waals surface area contributed by atoms with E-state index in [1.807, 2.05) is 0 Å². The maximum Gasteiger partial charge on any atom is 0.335 e. The third-order valence-corrected chi connectivity index (χ3v) is 3.29.